The molecule has 1 atom stereocenters. The van der Waals surface area contributed by atoms with Crippen molar-refractivity contribution in [1.29, 1.82) is 0 Å². The summed E-state index contributed by atoms with van der Waals surface area (Å²) in [4.78, 5) is 14.7. The second-order valence-corrected chi connectivity index (χ2v) is 4.98. The summed E-state index contributed by atoms with van der Waals surface area (Å²) in [7, 11) is 0. The number of nitrogens with one attached hydrogen (secondary N) is 1. The van der Waals surface area contributed by atoms with Gasteiger partial charge in [0.25, 0.3) is 5.69 Å². The lowest BCUT2D eigenvalue weighted by atomic mass is 10.2. The van der Waals surface area contributed by atoms with E-state index in [9.17, 15) is 10.1 Å². The van der Waals surface area contributed by atoms with E-state index in [1.807, 2.05) is 19.1 Å². The zero-order chi connectivity index (χ0) is 14.7. The molecule has 20 heavy (non-hydrogen) atoms. The van der Waals surface area contributed by atoms with Gasteiger partial charge in [-0.3, -0.25) is 15.1 Å². The molecule has 0 spiro atoms. The first-order valence-electron chi connectivity index (χ1n) is 5.80. The van der Waals surface area contributed by atoms with E-state index >= 15 is 0 Å². The van der Waals surface area contributed by atoms with Gasteiger partial charge < -0.3 is 5.32 Å². The summed E-state index contributed by atoms with van der Waals surface area (Å²) in [6, 6.07) is 7.97. The van der Waals surface area contributed by atoms with Crippen LogP contribution in [0.1, 0.15) is 18.7 Å². The van der Waals surface area contributed by atoms with Crippen LogP contribution in [0.15, 0.2) is 36.5 Å². The maximum absolute atomic E-state index is 11.1. The van der Waals surface area contributed by atoms with Crippen molar-refractivity contribution in [3.63, 3.8) is 0 Å². The SMILES string of the molecule is CC(Nc1cc(Cl)c(Cl)cc1[N+](=O)[O-])c1ccccn1. The van der Waals surface area contributed by atoms with E-state index in [4.69, 9.17) is 23.2 Å². The number of hydrogen-bond acceptors (Lipinski definition) is 4. The van der Waals surface area contributed by atoms with Gasteiger partial charge in [0.1, 0.15) is 5.69 Å². The number of aromatic nitrogens is 1. The van der Waals surface area contributed by atoms with Crippen molar-refractivity contribution in [3.8, 4) is 0 Å². The van der Waals surface area contributed by atoms with Crippen LogP contribution in [0.2, 0.25) is 10.0 Å². The zero-order valence-electron chi connectivity index (χ0n) is 10.5. The van der Waals surface area contributed by atoms with Crippen LogP contribution in [0.4, 0.5) is 11.4 Å². The number of nitrogens with zero attached hydrogens (tertiary/aromatic N) is 2. The van der Waals surface area contributed by atoms with E-state index in [0.717, 1.165) is 5.69 Å². The molecule has 2 aromatic rings. The lowest BCUT2D eigenvalue weighted by Gasteiger charge is -2.15. The fourth-order valence-electron chi connectivity index (χ4n) is 1.74. The molecule has 0 radical (unpaired) electrons. The van der Waals surface area contributed by atoms with Crippen molar-refractivity contribution >= 4 is 34.6 Å². The molecule has 1 heterocycles. The predicted octanol–water partition coefficient (Wildman–Crippen LogP) is 4.47. The number of halogens is 2. The minimum atomic E-state index is -0.504. The van der Waals surface area contributed by atoms with E-state index in [0.29, 0.717) is 5.69 Å². The molecule has 1 unspecified atom stereocenters. The molecule has 0 bridgehead atoms. The third-order valence-electron chi connectivity index (χ3n) is 2.74. The lowest BCUT2D eigenvalue weighted by molar-refractivity contribution is -0.384. The first kappa shape index (κ1) is 14.6. The van der Waals surface area contributed by atoms with Crippen molar-refractivity contribution in [1.82, 2.24) is 4.98 Å². The van der Waals surface area contributed by atoms with Gasteiger partial charge in [0.05, 0.1) is 26.7 Å². The molecule has 0 aliphatic heterocycles. The fourth-order valence-corrected chi connectivity index (χ4v) is 2.06. The quantitative estimate of drug-likeness (QED) is 0.668. The summed E-state index contributed by atoms with van der Waals surface area (Å²) < 4.78 is 0. The Hall–Kier alpha value is -1.85. The highest BCUT2D eigenvalue weighted by Crippen LogP contribution is 2.35. The third-order valence-corrected chi connectivity index (χ3v) is 3.46. The van der Waals surface area contributed by atoms with E-state index in [-0.39, 0.29) is 21.8 Å². The van der Waals surface area contributed by atoms with Crippen molar-refractivity contribution in [2.45, 2.75) is 13.0 Å². The zero-order valence-corrected chi connectivity index (χ0v) is 12.0. The summed E-state index contributed by atoms with van der Waals surface area (Å²) in [5.74, 6) is 0. The Balaban J connectivity index is 2.33. The van der Waals surface area contributed by atoms with Crippen molar-refractivity contribution < 1.29 is 4.92 Å². The summed E-state index contributed by atoms with van der Waals surface area (Å²) in [6.07, 6.45) is 1.66. The van der Waals surface area contributed by atoms with Gasteiger partial charge in [-0.2, -0.15) is 0 Å². The normalized spacial score (nSPS) is 11.9. The Morgan fingerprint density at radius 3 is 2.60 bits per heavy atom. The van der Waals surface area contributed by atoms with Crippen LogP contribution in [0, 0.1) is 10.1 Å². The Labute approximate surface area is 125 Å². The molecule has 1 N–H and O–H groups in total. The lowest BCUT2D eigenvalue weighted by Crippen LogP contribution is -2.09. The van der Waals surface area contributed by atoms with Crippen LogP contribution in [-0.4, -0.2) is 9.91 Å². The molecule has 0 saturated heterocycles. The monoisotopic (exact) mass is 311 g/mol. The smallest absolute Gasteiger partial charge is 0.293 e. The standard InChI is InChI=1S/C13H11Cl2N3O2/c1-8(11-4-2-3-5-16-11)17-12-6-9(14)10(15)7-13(12)18(19)20/h2-8,17H,1H3. The number of nitro groups is 1. The van der Waals surface area contributed by atoms with Crippen LogP contribution in [0.3, 0.4) is 0 Å². The number of benzene rings is 1. The van der Waals surface area contributed by atoms with Crippen molar-refractivity contribution in [2.24, 2.45) is 0 Å². The minimum Gasteiger partial charge on any atom is -0.371 e. The minimum absolute atomic E-state index is 0.123. The van der Waals surface area contributed by atoms with Gasteiger partial charge in [-0.1, -0.05) is 29.3 Å². The van der Waals surface area contributed by atoms with E-state index in [1.165, 1.54) is 12.1 Å². The second kappa shape index (κ2) is 6.07. The molecule has 104 valence electrons. The molecule has 5 nitrogen and oxygen atoms in total. The topological polar surface area (TPSA) is 68.1 Å². The fraction of sp³-hybridized carbons (Fsp3) is 0.154. The highest BCUT2D eigenvalue weighted by Gasteiger charge is 2.19. The van der Waals surface area contributed by atoms with Gasteiger partial charge in [0.2, 0.25) is 0 Å². The highest BCUT2D eigenvalue weighted by molar-refractivity contribution is 6.42. The van der Waals surface area contributed by atoms with Gasteiger partial charge in [0.15, 0.2) is 0 Å². The number of anilines is 1. The maximum Gasteiger partial charge on any atom is 0.293 e. The molecule has 1 aromatic carbocycles. The van der Waals surface area contributed by atoms with Gasteiger partial charge in [-0.25, -0.2) is 0 Å². The molecule has 2 rings (SSSR count). The van der Waals surface area contributed by atoms with Crippen LogP contribution >= 0.6 is 23.2 Å². The van der Waals surface area contributed by atoms with Gasteiger partial charge in [0, 0.05) is 12.3 Å². The summed E-state index contributed by atoms with van der Waals surface area (Å²) in [5.41, 5.74) is 0.956. The summed E-state index contributed by atoms with van der Waals surface area (Å²) in [6.45, 7) is 1.86. The Morgan fingerprint density at radius 1 is 1.30 bits per heavy atom. The molecule has 1 aromatic heterocycles. The van der Waals surface area contributed by atoms with E-state index < -0.39 is 4.92 Å². The van der Waals surface area contributed by atoms with Gasteiger partial charge >= 0.3 is 0 Å². The molecule has 0 saturated carbocycles. The Morgan fingerprint density at radius 2 is 2.00 bits per heavy atom. The number of pyridine rings is 1. The molecule has 7 heteroatoms. The molecule has 0 amide bonds. The Bertz CT molecular complexity index is 635. The number of hydrogen-bond donors (Lipinski definition) is 1. The average Bonchev–Trinajstić information content (AvgIpc) is 2.43. The van der Waals surface area contributed by atoms with Crippen LogP contribution < -0.4 is 5.32 Å². The summed E-state index contributed by atoms with van der Waals surface area (Å²) >= 11 is 11.7. The van der Waals surface area contributed by atoms with Crippen LogP contribution in [-0.2, 0) is 0 Å². The second-order valence-electron chi connectivity index (χ2n) is 4.16. The van der Waals surface area contributed by atoms with Crippen LogP contribution in [0.25, 0.3) is 0 Å². The number of nitro benzene ring substituents is 1. The summed E-state index contributed by atoms with van der Waals surface area (Å²) in [5, 5.41) is 14.5. The molecular weight excluding hydrogens is 301 g/mol. The predicted molar refractivity (Wildman–Crippen MR) is 79.4 cm³/mol. The molecule has 0 fully saturated rings. The van der Waals surface area contributed by atoms with Crippen molar-refractivity contribution in [3.05, 3.63) is 62.4 Å². The third kappa shape index (κ3) is 3.18. The largest absolute Gasteiger partial charge is 0.371 e. The first-order chi connectivity index (χ1) is 9.49. The van der Waals surface area contributed by atoms with E-state index in [1.54, 1.807) is 12.3 Å². The highest BCUT2D eigenvalue weighted by atomic mass is 35.5. The average molecular weight is 312 g/mol. The van der Waals surface area contributed by atoms with Crippen LogP contribution in [0.5, 0.6) is 0 Å². The Kier molecular flexibility index (Phi) is 4.42. The van der Waals surface area contributed by atoms with Crippen molar-refractivity contribution in [2.75, 3.05) is 5.32 Å². The maximum atomic E-state index is 11.1. The van der Waals surface area contributed by atoms with Gasteiger partial charge in [-0.05, 0) is 25.1 Å². The number of rotatable bonds is 4. The first-order valence-corrected chi connectivity index (χ1v) is 6.55. The van der Waals surface area contributed by atoms with E-state index in [2.05, 4.69) is 10.3 Å². The molecule has 0 aliphatic rings. The molecule has 0 aliphatic carbocycles. The van der Waals surface area contributed by atoms with Gasteiger partial charge in [-0.15, -0.1) is 0 Å². The molecular formula is C13H11Cl2N3O2.